The highest BCUT2D eigenvalue weighted by Crippen LogP contribution is 2.54. The quantitative estimate of drug-likeness (QED) is 0.645. The molecule has 1 nitrogen and oxygen atoms in total. The maximum Gasteiger partial charge on any atom is 0.0877 e. The average Bonchev–Trinajstić information content (AvgIpc) is 2.93. The molecule has 0 N–H and O–H groups in total. The van der Waals surface area contributed by atoms with E-state index < -0.39 is 0 Å². The number of rotatable bonds is 3. The third-order valence-corrected chi connectivity index (χ3v) is 4.97. The van der Waals surface area contributed by atoms with Gasteiger partial charge in [0.1, 0.15) is 0 Å². The summed E-state index contributed by atoms with van der Waals surface area (Å²) in [5.41, 5.74) is 0.528. The van der Waals surface area contributed by atoms with Gasteiger partial charge in [-0.3, -0.25) is 0 Å². The Morgan fingerprint density at radius 1 is 1.07 bits per heavy atom. The number of fused-ring (bicyclic) bond motifs is 1. The van der Waals surface area contributed by atoms with Crippen LogP contribution in [0.25, 0.3) is 0 Å². The van der Waals surface area contributed by atoms with E-state index in [1.807, 2.05) is 0 Å². The molecule has 3 rings (SSSR count). The summed E-state index contributed by atoms with van der Waals surface area (Å²) in [6.07, 6.45) is 8.47. The normalized spacial score (nSPS) is 45.0. The van der Waals surface area contributed by atoms with E-state index in [1.54, 1.807) is 0 Å². The minimum Gasteiger partial charge on any atom is -0.369 e. The fourth-order valence-electron chi connectivity index (χ4n) is 3.74. The van der Waals surface area contributed by atoms with Crippen molar-refractivity contribution >= 4 is 0 Å². The van der Waals surface area contributed by atoms with Crippen molar-refractivity contribution in [2.24, 2.45) is 23.2 Å². The van der Waals surface area contributed by atoms with Crippen LogP contribution in [0.2, 0.25) is 0 Å². The summed E-state index contributed by atoms with van der Waals surface area (Å²) in [5, 5.41) is 0. The molecule has 1 heterocycles. The molecule has 4 unspecified atom stereocenters. The lowest BCUT2D eigenvalue weighted by Gasteiger charge is -2.36. The lowest BCUT2D eigenvalue weighted by molar-refractivity contribution is 0.128. The van der Waals surface area contributed by atoms with Crippen LogP contribution in [0.4, 0.5) is 0 Å². The largest absolute Gasteiger partial charge is 0.369 e. The fraction of sp³-hybridized carbons (Fsp3) is 1.00. The topological polar surface area (TPSA) is 12.5 Å². The Labute approximate surface area is 93.6 Å². The molecular weight excluding hydrogens is 184 g/mol. The molecule has 3 fully saturated rings. The van der Waals surface area contributed by atoms with Gasteiger partial charge >= 0.3 is 0 Å². The molecular formula is C14H24O. The van der Waals surface area contributed by atoms with Crippen LogP contribution in [0.5, 0.6) is 0 Å². The molecule has 0 aromatic carbocycles. The summed E-state index contributed by atoms with van der Waals surface area (Å²) in [7, 11) is 0. The molecule has 86 valence electrons. The Morgan fingerprint density at radius 3 is 2.47 bits per heavy atom. The minimum absolute atomic E-state index is 0.528. The van der Waals surface area contributed by atoms with E-state index in [0.717, 1.165) is 17.8 Å². The summed E-state index contributed by atoms with van der Waals surface area (Å²) >= 11 is 0. The van der Waals surface area contributed by atoms with Gasteiger partial charge in [0.05, 0.1) is 12.2 Å². The number of ether oxygens (including phenoxy) is 1. The third kappa shape index (κ3) is 1.84. The first-order valence-corrected chi connectivity index (χ1v) is 6.73. The second-order valence-corrected chi connectivity index (χ2v) is 6.86. The molecule has 0 bridgehead atoms. The van der Waals surface area contributed by atoms with Gasteiger partial charge in [0, 0.05) is 0 Å². The number of epoxide rings is 1. The van der Waals surface area contributed by atoms with Crippen molar-refractivity contribution in [2.75, 3.05) is 0 Å². The zero-order valence-electron chi connectivity index (χ0n) is 10.3. The first kappa shape index (κ1) is 10.1. The lowest BCUT2D eigenvalue weighted by Crippen LogP contribution is -2.34. The van der Waals surface area contributed by atoms with Gasteiger partial charge in [-0.25, -0.2) is 0 Å². The van der Waals surface area contributed by atoms with Crippen molar-refractivity contribution in [2.45, 2.75) is 65.1 Å². The Bertz CT molecular complexity index is 254. The molecule has 0 radical (unpaired) electrons. The van der Waals surface area contributed by atoms with E-state index in [-0.39, 0.29) is 0 Å². The van der Waals surface area contributed by atoms with Crippen LogP contribution < -0.4 is 0 Å². The number of hydrogen-bond acceptors (Lipinski definition) is 1. The highest BCUT2D eigenvalue weighted by atomic mass is 16.6. The van der Waals surface area contributed by atoms with Crippen LogP contribution in [-0.4, -0.2) is 12.2 Å². The molecule has 1 aliphatic heterocycles. The summed E-state index contributed by atoms with van der Waals surface area (Å²) in [6, 6.07) is 0. The monoisotopic (exact) mass is 208 g/mol. The zero-order chi connectivity index (χ0) is 10.6. The molecule has 0 aromatic rings. The molecule has 1 heteroatoms. The van der Waals surface area contributed by atoms with Gasteiger partial charge < -0.3 is 4.74 Å². The van der Waals surface area contributed by atoms with Gasteiger partial charge in [0.15, 0.2) is 0 Å². The highest BCUT2D eigenvalue weighted by Gasteiger charge is 2.55. The Hall–Kier alpha value is -0.0400. The van der Waals surface area contributed by atoms with Gasteiger partial charge in [-0.15, -0.1) is 0 Å². The molecule has 3 aliphatic rings. The molecule has 15 heavy (non-hydrogen) atoms. The summed E-state index contributed by atoms with van der Waals surface area (Å²) in [4.78, 5) is 0. The first-order valence-electron chi connectivity index (χ1n) is 6.73. The Morgan fingerprint density at radius 2 is 1.80 bits per heavy atom. The molecule has 2 saturated carbocycles. The second-order valence-electron chi connectivity index (χ2n) is 6.86. The second kappa shape index (κ2) is 3.23. The predicted octanol–water partition coefficient (Wildman–Crippen LogP) is 3.63. The highest BCUT2D eigenvalue weighted by molar-refractivity contribution is 5.03. The van der Waals surface area contributed by atoms with Crippen molar-refractivity contribution in [1.82, 2.24) is 0 Å². The van der Waals surface area contributed by atoms with Crippen LogP contribution in [0.3, 0.4) is 0 Å². The van der Waals surface area contributed by atoms with Gasteiger partial charge in [0.2, 0.25) is 0 Å². The maximum absolute atomic E-state index is 5.89. The van der Waals surface area contributed by atoms with Crippen molar-refractivity contribution in [3.8, 4) is 0 Å². The van der Waals surface area contributed by atoms with Gasteiger partial charge in [0.25, 0.3) is 0 Å². The van der Waals surface area contributed by atoms with Crippen LogP contribution in [0.1, 0.15) is 52.9 Å². The van der Waals surface area contributed by atoms with E-state index in [9.17, 15) is 0 Å². The standard InChI is InChI=1S/C14H24O/c1-9-4-7-11(13-12(9)15-13)14(2,3)8-10-5-6-10/h9-13H,4-8H2,1-3H3. The molecule has 1 saturated heterocycles. The minimum atomic E-state index is 0.528. The first-order chi connectivity index (χ1) is 7.08. The molecule has 4 atom stereocenters. The van der Waals surface area contributed by atoms with Crippen LogP contribution in [0, 0.1) is 23.2 Å². The van der Waals surface area contributed by atoms with E-state index in [2.05, 4.69) is 20.8 Å². The van der Waals surface area contributed by atoms with E-state index >= 15 is 0 Å². The van der Waals surface area contributed by atoms with Gasteiger partial charge in [-0.1, -0.05) is 33.6 Å². The SMILES string of the molecule is CC1CCC(C(C)(C)CC2CC2)C2OC12. The Balaban J connectivity index is 1.65. The van der Waals surface area contributed by atoms with Gasteiger partial charge in [-0.2, -0.15) is 0 Å². The predicted molar refractivity (Wildman–Crippen MR) is 61.7 cm³/mol. The number of hydrogen-bond donors (Lipinski definition) is 0. The van der Waals surface area contributed by atoms with Crippen LogP contribution in [-0.2, 0) is 4.74 Å². The van der Waals surface area contributed by atoms with E-state index in [0.29, 0.717) is 17.6 Å². The molecule has 2 aliphatic carbocycles. The van der Waals surface area contributed by atoms with Crippen molar-refractivity contribution < 1.29 is 4.74 Å². The average molecular weight is 208 g/mol. The van der Waals surface area contributed by atoms with E-state index in [4.69, 9.17) is 4.74 Å². The summed E-state index contributed by atoms with van der Waals surface area (Å²) < 4.78 is 5.89. The Kier molecular flexibility index (Phi) is 2.18. The van der Waals surface area contributed by atoms with E-state index in [1.165, 1.54) is 32.1 Å². The summed E-state index contributed by atoms with van der Waals surface area (Å²) in [5.74, 6) is 2.72. The maximum atomic E-state index is 5.89. The van der Waals surface area contributed by atoms with Crippen molar-refractivity contribution in [1.29, 1.82) is 0 Å². The van der Waals surface area contributed by atoms with Gasteiger partial charge in [-0.05, 0) is 42.4 Å². The summed E-state index contributed by atoms with van der Waals surface area (Å²) in [6.45, 7) is 7.31. The molecule has 0 amide bonds. The smallest absolute Gasteiger partial charge is 0.0877 e. The van der Waals surface area contributed by atoms with Crippen LogP contribution >= 0.6 is 0 Å². The zero-order valence-corrected chi connectivity index (χ0v) is 10.3. The third-order valence-electron chi connectivity index (χ3n) is 4.97. The van der Waals surface area contributed by atoms with Crippen molar-refractivity contribution in [3.05, 3.63) is 0 Å². The molecule has 0 aromatic heterocycles. The molecule has 0 spiro atoms. The lowest BCUT2D eigenvalue weighted by atomic mass is 9.67. The fourth-order valence-corrected chi connectivity index (χ4v) is 3.74. The van der Waals surface area contributed by atoms with Crippen LogP contribution in [0.15, 0.2) is 0 Å². The van der Waals surface area contributed by atoms with Crippen molar-refractivity contribution in [3.63, 3.8) is 0 Å².